The number of nitrogens with zero attached hydrogens (tertiary/aromatic N) is 3. The lowest BCUT2D eigenvalue weighted by Gasteiger charge is -2.60. The number of fused-ring (bicyclic) bond motifs is 3. The normalized spacial score (nSPS) is 22.0. The van der Waals surface area contributed by atoms with Crippen LogP contribution in [0.4, 0.5) is 10.5 Å². The lowest BCUT2D eigenvalue weighted by molar-refractivity contribution is -0.255. The topological polar surface area (TPSA) is 200 Å². The predicted octanol–water partition coefficient (Wildman–Crippen LogP) is 8.91. The van der Waals surface area contributed by atoms with Gasteiger partial charge in [-0.3, -0.25) is 10.1 Å². The van der Waals surface area contributed by atoms with E-state index in [1.165, 1.54) is 7.11 Å². The van der Waals surface area contributed by atoms with Gasteiger partial charge in [-0.05, 0) is 122 Å². The molecule has 16 nitrogen and oxygen atoms in total. The van der Waals surface area contributed by atoms with Gasteiger partial charge in [-0.25, -0.2) is 4.79 Å². The van der Waals surface area contributed by atoms with E-state index in [0.717, 1.165) is 29.5 Å². The molecule has 4 aromatic carbocycles. The summed E-state index contributed by atoms with van der Waals surface area (Å²) >= 11 is 0. The molecule has 368 valence electrons. The van der Waals surface area contributed by atoms with E-state index in [2.05, 4.69) is 24.0 Å². The molecule has 0 unspecified atom stereocenters. The number of rotatable bonds is 21. The molecule has 0 bridgehead atoms. The third-order valence-corrected chi connectivity index (χ3v) is 13.5. The van der Waals surface area contributed by atoms with Crippen molar-refractivity contribution >= 4 is 23.4 Å². The Morgan fingerprint density at radius 2 is 1.69 bits per heavy atom. The molecule has 0 aromatic heterocycles. The first-order valence-corrected chi connectivity index (χ1v) is 23.8. The zero-order valence-electron chi connectivity index (χ0n) is 39.8. The second kappa shape index (κ2) is 22.6. The minimum absolute atomic E-state index is 0.0226. The zero-order chi connectivity index (χ0) is 49.2. The number of aliphatic hydroxyl groups excluding tert-OH is 2. The Morgan fingerprint density at radius 1 is 0.929 bits per heavy atom. The molecule has 2 amide bonds. The molecule has 2 aliphatic carbocycles. The Kier molecular flexibility index (Phi) is 15.9. The number of hydrogen-bond donors (Lipinski definition) is 3. The number of allylic oxidation sites excluding steroid dienone is 1. The van der Waals surface area contributed by atoms with Crippen molar-refractivity contribution in [3.05, 3.63) is 125 Å². The molecule has 0 saturated heterocycles. The number of carbonyl (C=O) groups is 2. The number of benzene rings is 4. The first kappa shape index (κ1) is 49.4. The first-order chi connectivity index (χ1) is 34.2. The van der Waals surface area contributed by atoms with Gasteiger partial charge in [-0.15, -0.1) is 6.58 Å². The van der Waals surface area contributed by atoms with Crippen LogP contribution < -0.4 is 33.7 Å². The first-order valence-electron chi connectivity index (χ1n) is 23.8. The van der Waals surface area contributed by atoms with Crippen LogP contribution in [0.2, 0.25) is 0 Å². The Labute approximate surface area is 408 Å². The highest BCUT2D eigenvalue weighted by molar-refractivity contribution is 6.03. The van der Waals surface area contributed by atoms with Crippen LogP contribution >= 0.6 is 0 Å². The fourth-order valence-corrected chi connectivity index (χ4v) is 10.4. The van der Waals surface area contributed by atoms with Gasteiger partial charge in [0.2, 0.25) is 12.6 Å². The van der Waals surface area contributed by atoms with Crippen LogP contribution in [0, 0.1) is 29.1 Å². The highest BCUT2D eigenvalue weighted by Gasteiger charge is 2.65. The highest BCUT2D eigenvalue weighted by atomic mass is 16.7. The van der Waals surface area contributed by atoms with Crippen LogP contribution in [0.3, 0.4) is 0 Å². The molecule has 0 spiro atoms. The van der Waals surface area contributed by atoms with Crippen molar-refractivity contribution in [1.29, 1.82) is 5.26 Å². The maximum Gasteiger partial charge on any atom is 0.417 e. The summed E-state index contributed by atoms with van der Waals surface area (Å²) in [5, 5.41) is 37.3. The summed E-state index contributed by atoms with van der Waals surface area (Å²) in [4.78, 5) is 36.8. The fourth-order valence-electron chi connectivity index (χ4n) is 10.4. The van der Waals surface area contributed by atoms with E-state index in [1.807, 2.05) is 31.2 Å². The lowest BCUT2D eigenvalue weighted by Crippen LogP contribution is -2.70. The summed E-state index contributed by atoms with van der Waals surface area (Å²) in [6.45, 7) is 6.47. The molecule has 8 rings (SSSR count). The third-order valence-electron chi connectivity index (χ3n) is 13.5. The Hall–Kier alpha value is -7.06. The van der Waals surface area contributed by atoms with Crippen molar-refractivity contribution in [1.82, 2.24) is 4.90 Å². The van der Waals surface area contributed by atoms with Crippen LogP contribution in [0.5, 0.6) is 34.5 Å². The second-order valence-electron chi connectivity index (χ2n) is 17.6. The van der Waals surface area contributed by atoms with Gasteiger partial charge < -0.3 is 53.1 Å². The molecule has 2 heterocycles. The van der Waals surface area contributed by atoms with E-state index < -0.39 is 29.8 Å². The van der Waals surface area contributed by atoms with Gasteiger partial charge in [-0.2, -0.15) is 5.26 Å². The average molecular weight is 957 g/mol. The number of aliphatic hydroxyl groups is 2. The average Bonchev–Trinajstić information content (AvgIpc) is 3.86. The van der Waals surface area contributed by atoms with Gasteiger partial charge in [-0.1, -0.05) is 36.2 Å². The zero-order valence-corrected chi connectivity index (χ0v) is 39.8. The Morgan fingerprint density at radius 3 is 2.41 bits per heavy atom. The minimum Gasteiger partial charge on any atom is -0.497 e. The van der Waals surface area contributed by atoms with Crippen LogP contribution in [0.25, 0.3) is 0 Å². The number of hydrogen-bond acceptors (Lipinski definition) is 14. The van der Waals surface area contributed by atoms with Gasteiger partial charge in [0.05, 0.1) is 49.8 Å². The molecule has 1 saturated carbocycles. The highest BCUT2D eigenvalue weighted by Crippen LogP contribution is 2.62. The maximum atomic E-state index is 15.4. The van der Waals surface area contributed by atoms with Crippen LogP contribution in [0.1, 0.15) is 84.8 Å². The smallest absolute Gasteiger partial charge is 0.417 e. The molecule has 4 aromatic rings. The van der Waals surface area contributed by atoms with Gasteiger partial charge in [0.25, 0.3) is 5.91 Å². The summed E-state index contributed by atoms with van der Waals surface area (Å²) in [7, 11) is 3.04. The SMILES string of the molecule is C=CCO[C@@]12Oc3ccc(OC(=O)Nc4ccc(OC)cc4OC)cc3[C@H]3[C@H](CCCCO)[C@@H](CCCCO)C=C(C(=NOCC)C[C@@H]1N(Cc1ccc4c(c1)OCO4)C(=O)c1ccc(C#N)cc1)[C@H]32. The van der Waals surface area contributed by atoms with Crippen molar-refractivity contribution in [2.45, 2.75) is 76.2 Å². The summed E-state index contributed by atoms with van der Waals surface area (Å²) in [6, 6.07) is 23.7. The minimum atomic E-state index is -1.59. The number of unbranched alkanes of at least 4 members (excludes halogenated alkanes) is 2. The summed E-state index contributed by atoms with van der Waals surface area (Å²) in [5.74, 6) is -0.277. The summed E-state index contributed by atoms with van der Waals surface area (Å²) in [6.07, 6.45) is 7.42. The number of amides is 2. The van der Waals surface area contributed by atoms with Crippen molar-refractivity contribution in [2.75, 3.05) is 52.8 Å². The van der Waals surface area contributed by atoms with Gasteiger partial charge in [0.15, 0.2) is 11.5 Å². The molecule has 3 N–H and O–H groups in total. The number of carbonyl (C=O) groups excluding carboxylic acids is 2. The number of nitriles is 1. The monoisotopic (exact) mass is 956 g/mol. The molecule has 16 heteroatoms. The summed E-state index contributed by atoms with van der Waals surface area (Å²) in [5.41, 5.74) is 4.12. The molecule has 6 atom stereocenters. The number of methoxy groups -OCH3 is 2. The van der Waals surface area contributed by atoms with Crippen molar-refractivity contribution in [3.63, 3.8) is 0 Å². The lowest BCUT2D eigenvalue weighted by atomic mass is 9.55. The fraction of sp³-hybridized carbons (Fsp3) is 0.407. The van der Waals surface area contributed by atoms with Gasteiger partial charge >= 0.3 is 6.09 Å². The van der Waals surface area contributed by atoms with Crippen LogP contribution in [-0.2, 0) is 16.1 Å². The molecule has 0 radical (unpaired) electrons. The quantitative estimate of drug-likeness (QED) is 0.0407. The van der Waals surface area contributed by atoms with Crippen molar-refractivity contribution in [3.8, 4) is 40.6 Å². The van der Waals surface area contributed by atoms with Crippen LogP contribution in [0.15, 0.2) is 108 Å². The molecule has 2 aliphatic heterocycles. The van der Waals surface area contributed by atoms with E-state index in [4.69, 9.17) is 43.2 Å². The Balaban J connectivity index is 1.31. The van der Waals surface area contributed by atoms with E-state index in [1.54, 1.807) is 72.7 Å². The molecular formula is C54H60N4O12. The van der Waals surface area contributed by atoms with Crippen LogP contribution in [-0.4, -0.2) is 92.1 Å². The van der Waals surface area contributed by atoms with Gasteiger partial charge in [0.1, 0.15) is 35.6 Å². The molecule has 1 fully saturated rings. The molecular weight excluding hydrogens is 897 g/mol. The second-order valence-corrected chi connectivity index (χ2v) is 17.6. The van der Waals surface area contributed by atoms with E-state index in [-0.39, 0.29) is 69.7 Å². The van der Waals surface area contributed by atoms with Crippen molar-refractivity contribution in [2.24, 2.45) is 22.9 Å². The Bertz CT molecular complexity index is 2630. The largest absolute Gasteiger partial charge is 0.497 e. The predicted molar refractivity (Wildman–Crippen MR) is 259 cm³/mol. The summed E-state index contributed by atoms with van der Waals surface area (Å²) < 4.78 is 42.9. The number of anilines is 1. The van der Waals surface area contributed by atoms with E-state index in [9.17, 15) is 20.3 Å². The van der Waals surface area contributed by atoms with E-state index >= 15 is 4.79 Å². The van der Waals surface area contributed by atoms with Gasteiger partial charge in [0, 0.05) is 49.3 Å². The van der Waals surface area contributed by atoms with E-state index in [0.29, 0.717) is 77.0 Å². The number of oxime groups is 1. The molecule has 4 aliphatic rings. The number of nitrogens with one attached hydrogen (secondary N) is 1. The molecule has 70 heavy (non-hydrogen) atoms. The third kappa shape index (κ3) is 10.3. The maximum absolute atomic E-state index is 15.4. The standard InChI is InChI=1S/C54H60N4O12/c1-5-25-67-54-49(58(52(61)36-16-13-34(31-55)14-17-36)32-35-15-21-46-48(26-35)66-33-65-46)30-44(57-68-6-2)41-27-37(11-7-9-23-59)40(12-8-10-24-60)50(51(41)54)42-28-39(19-22-45(42)70-54)69-53(62)56-43-20-18-38(63-3)29-47(43)64-4/h5,13-22,26-29,37,40,49-51,59-60H,1,6-12,23-25,30,32-33H2,2-4H3,(H,56,62)/t37-,40+,49-,50+,51+,54+/m0/s1. The van der Waals surface area contributed by atoms with Crippen molar-refractivity contribution < 1.29 is 57.8 Å². The number of ether oxygens (including phenoxy) is 7.